The highest BCUT2D eigenvalue weighted by molar-refractivity contribution is 5.92. The van der Waals surface area contributed by atoms with Gasteiger partial charge in [0.05, 0.1) is 18.7 Å². The van der Waals surface area contributed by atoms with E-state index in [1.54, 1.807) is 0 Å². The maximum Gasteiger partial charge on any atom is 0.270 e. The summed E-state index contributed by atoms with van der Waals surface area (Å²) in [5, 5.41) is 18.5. The van der Waals surface area contributed by atoms with Crippen molar-refractivity contribution in [2.45, 2.75) is 31.7 Å². The van der Waals surface area contributed by atoms with Crippen LogP contribution < -0.4 is 0 Å². The predicted molar refractivity (Wildman–Crippen MR) is 86.2 cm³/mol. The first-order valence-electron chi connectivity index (χ1n) is 8.25. The van der Waals surface area contributed by atoms with Gasteiger partial charge in [-0.25, -0.2) is 0 Å². The molecule has 0 radical (unpaired) electrons. The SMILES string of the molecule is CN1C[C@H](O)C[C@H]1c1nnc2n1CCN(C(=O)c1cccn1C)C2. The van der Waals surface area contributed by atoms with Crippen molar-refractivity contribution in [1.82, 2.24) is 29.1 Å². The first-order chi connectivity index (χ1) is 11.5. The third-order valence-electron chi connectivity index (χ3n) is 5.06. The molecule has 0 unspecified atom stereocenters. The van der Waals surface area contributed by atoms with Gasteiger partial charge >= 0.3 is 0 Å². The molecular formula is C16H22N6O2. The molecule has 2 aromatic rings. The molecule has 2 atom stereocenters. The number of likely N-dealkylation sites (tertiary alicyclic amines) is 1. The van der Waals surface area contributed by atoms with Crippen molar-refractivity contribution < 1.29 is 9.90 Å². The van der Waals surface area contributed by atoms with E-state index in [0.29, 0.717) is 38.3 Å². The number of β-amino-alcohol motifs (C(OH)–C–C–N with tert-alkyl or cyclic N) is 1. The number of carbonyl (C=O) groups is 1. The van der Waals surface area contributed by atoms with Crippen LogP contribution in [-0.2, 0) is 20.1 Å². The molecule has 24 heavy (non-hydrogen) atoms. The van der Waals surface area contributed by atoms with E-state index < -0.39 is 0 Å². The fourth-order valence-corrected chi connectivity index (χ4v) is 3.72. The molecule has 4 heterocycles. The first kappa shape index (κ1) is 15.3. The molecule has 1 N–H and O–H groups in total. The van der Waals surface area contributed by atoms with Gasteiger partial charge in [-0.05, 0) is 25.6 Å². The number of aryl methyl sites for hydroxylation is 1. The van der Waals surface area contributed by atoms with Crippen LogP contribution in [0.2, 0.25) is 0 Å². The highest BCUT2D eigenvalue weighted by Gasteiger charge is 2.35. The van der Waals surface area contributed by atoms with E-state index in [1.807, 2.05) is 41.9 Å². The molecular weight excluding hydrogens is 308 g/mol. The van der Waals surface area contributed by atoms with Crippen LogP contribution >= 0.6 is 0 Å². The lowest BCUT2D eigenvalue weighted by molar-refractivity contribution is 0.0695. The number of aromatic nitrogens is 4. The summed E-state index contributed by atoms with van der Waals surface area (Å²) < 4.78 is 3.94. The van der Waals surface area contributed by atoms with Crippen LogP contribution in [0.15, 0.2) is 18.3 Å². The van der Waals surface area contributed by atoms with Gasteiger partial charge in [-0.2, -0.15) is 0 Å². The molecule has 8 heteroatoms. The summed E-state index contributed by atoms with van der Waals surface area (Å²) in [5.41, 5.74) is 0.682. The molecule has 0 saturated carbocycles. The normalized spacial score (nSPS) is 24.4. The molecule has 1 amide bonds. The Balaban J connectivity index is 1.55. The lowest BCUT2D eigenvalue weighted by atomic mass is 10.2. The quantitative estimate of drug-likeness (QED) is 0.839. The van der Waals surface area contributed by atoms with E-state index in [-0.39, 0.29) is 18.1 Å². The van der Waals surface area contributed by atoms with Gasteiger partial charge in [0, 0.05) is 32.9 Å². The highest BCUT2D eigenvalue weighted by atomic mass is 16.3. The van der Waals surface area contributed by atoms with Crippen LogP contribution in [0.3, 0.4) is 0 Å². The number of hydrogen-bond donors (Lipinski definition) is 1. The molecule has 8 nitrogen and oxygen atoms in total. The van der Waals surface area contributed by atoms with Crippen LogP contribution in [-0.4, -0.2) is 66.4 Å². The minimum atomic E-state index is -0.313. The van der Waals surface area contributed by atoms with Gasteiger partial charge in [-0.3, -0.25) is 9.69 Å². The minimum Gasteiger partial charge on any atom is -0.392 e. The lowest BCUT2D eigenvalue weighted by Gasteiger charge is -2.29. The van der Waals surface area contributed by atoms with E-state index in [4.69, 9.17) is 0 Å². The average molecular weight is 330 g/mol. The zero-order valence-electron chi connectivity index (χ0n) is 14.0. The van der Waals surface area contributed by atoms with Crippen molar-refractivity contribution in [2.24, 2.45) is 7.05 Å². The maximum absolute atomic E-state index is 12.7. The zero-order valence-corrected chi connectivity index (χ0v) is 14.0. The number of amides is 1. The van der Waals surface area contributed by atoms with Crippen LogP contribution in [0.4, 0.5) is 0 Å². The number of likely N-dealkylation sites (N-methyl/N-ethyl adjacent to an activating group) is 1. The number of aliphatic hydroxyl groups is 1. The largest absolute Gasteiger partial charge is 0.392 e. The second-order valence-corrected chi connectivity index (χ2v) is 6.70. The molecule has 1 fully saturated rings. The standard InChI is InChI=1S/C16H22N6O2/c1-19-5-3-4-12(19)16(24)21-6-7-22-14(10-21)17-18-15(22)13-8-11(23)9-20(13)2/h3-5,11,13,23H,6-10H2,1-2H3/t11-,13+/m1/s1. The topological polar surface area (TPSA) is 79.4 Å². The molecule has 4 rings (SSSR count). The molecule has 2 aliphatic rings. The van der Waals surface area contributed by atoms with Crippen molar-refractivity contribution in [3.8, 4) is 0 Å². The predicted octanol–water partition coefficient (Wildman–Crippen LogP) is 0.0101. The number of nitrogens with zero attached hydrogens (tertiary/aromatic N) is 6. The van der Waals surface area contributed by atoms with Crippen LogP contribution in [0.25, 0.3) is 0 Å². The molecule has 0 aromatic carbocycles. The van der Waals surface area contributed by atoms with Crippen molar-refractivity contribution in [3.05, 3.63) is 35.7 Å². The summed E-state index contributed by atoms with van der Waals surface area (Å²) in [4.78, 5) is 16.6. The molecule has 128 valence electrons. The van der Waals surface area contributed by atoms with E-state index >= 15 is 0 Å². The van der Waals surface area contributed by atoms with Crippen molar-refractivity contribution >= 4 is 5.91 Å². The van der Waals surface area contributed by atoms with E-state index in [1.165, 1.54) is 0 Å². The Hall–Kier alpha value is -2.19. The van der Waals surface area contributed by atoms with E-state index in [2.05, 4.69) is 19.7 Å². The van der Waals surface area contributed by atoms with Gasteiger partial charge in [0.1, 0.15) is 5.69 Å². The van der Waals surface area contributed by atoms with Gasteiger partial charge in [0.2, 0.25) is 0 Å². The number of fused-ring (bicyclic) bond motifs is 1. The van der Waals surface area contributed by atoms with Crippen molar-refractivity contribution in [2.75, 3.05) is 20.1 Å². The maximum atomic E-state index is 12.7. The Morgan fingerprint density at radius 1 is 1.29 bits per heavy atom. The lowest BCUT2D eigenvalue weighted by Crippen LogP contribution is -2.39. The molecule has 2 aliphatic heterocycles. The third kappa shape index (κ3) is 2.42. The van der Waals surface area contributed by atoms with Gasteiger partial charge in [0.15, 0.2) is 11.6 Å². The van der Waals surface area contributed by atoms with Crippen molar-refractivity contribution in [1.29, 1.82) is 0 Å². The Bertz CT molecular complexity index is 766. The molecule has 0 aliphatic carbocycles. The van der Waals surface area contributed by atoms with Gasteiger partial charge in [0.25, 0.3) is 5.91 Å². The first-order valence-corrected chi connectivity index (χ1v) is 8.25. The van der Waals surface area contributed by atoms with Crippen molar-refractivity contribution in [3.63, 3.8) is 0 Å². The fraction of sp³-hybridized carbons (Fsp3) is 0.562. The van der Waals surface area contributed by atoms with Crippen LogP contribution in [0.1, 0.15) is 34.6 Å². The summed E-state index contributed by atoms with van der Waals surface area (Å²) >= 11 is 0. The Morgan fingerprint density at radius 2 is 2.12 bits per heavy atom. The summed E-state index contributed by atoms with van der Waals surface area (Å²) in [5.74, 6) is 1.73. The number of aliphatic hydroxyl groups excluding tert-OH is 1. The van der Waals surface area contributed by atoms with Crippen LogP contribution in [0.5, 0.6) is 0 Å². The molecule has 2 aromatic heterocycles. The summed E-state index contributed by atoms with van der Waals surface area (Å²) in [6, 6.07) is 3.80. The zero-order chi connectivity index (χ0) is 16.8. The van der Waals surface area contributed by atoms with Gasteiger partial charge in [-0.1, -0.05) is 0 Å². The van der Waals surface area contributed by atoms with E-state index in [9.17, 15) is 9.90 Å². The summed E-state index contributed by atoms with van der Waals surface area (Å²) in [6.07, 6.45) is 2.24. The van der Waals surface area contributed by atoms with Gasteiger partial charge in [-0.15, -0.1) is 10.2 Å². The average Bonchev–Trinajstić information content (AvgIpc) is 3.24. The monoisotopic (exact) mass is 330 g/mol. The number of rotatable bonds is 2. The van der Waals surface area contributed by atoms with Crippen LogP contribution in [0, 0.1) is 0 Å². The third-order valence-corrected chi connectivity index (χ3v) is 5.06. The second-order valence-electron chi connectivity index (χ2n) is 6.70. The Kier molecular flexibility index (Phi) is 3.65. The molecule has 1 saturated heterocycles. The van der Waals surface area contributed by atoms with Gasteiger partial charge < -0.3 is 19.1 Å². The number of hydrogen-bond acceptors (Lipinski definition) is 5. The highest BCUT2D eigenvalue weighted by Crippen LogP contribution is 2.30. The van der Waals surface area contributed by atoms with E-state index in [0.717, 1.165) is 11.6 Å². The Morgan fingerprint density at radius 3 is 2.79 bits per heavy atom. The number of carbonyl (C=O) groups excluding carboxylic acids is 1. The second kappa shape index (κ2) is 5.71. The smallest absolute Gasteiger partial charge is 0.270 e. The summed E-state index contributed by atoms with van der Waals surface area (Å²) in [7, 11) is 3.87. The summed E-state index contributed by atoms with van der Waals surface area (Å²) in [6.45, 7) is 2.45. The molecule has 0 spiro atoms. The fourth-order valence-electron chi connectivity index (χ4n) is 3.72. The minimum absolute atomic E-state index is 0.0201. The Labute approximate surface area is 140 Å². The molecule has 0 bridgehead atoms.